The van der Waals surface area contributed by atoms with Gasteiger partial charge in [-0.15, -0.1) is 0 Å². The van der Waals surface area contributed by atoms with Crippen molar-refractivity contribution in [1.82, 2.24) is 0 Å². The van der Waals surface area contributed by atoms with E-state index in [1.807, 2.05) is 0 Å². The standard InChI is InChI=1S/C10H22O6Si/c1-10(11)9-16-17(4,14-7-5-12-2)15-8-6-13-3/h1,10-11H,5-9H2,2-4H3. The third-order valence-corrected chi connectivity index (χ3v) is 3.97. The van der Waals surface area contributed by atoms with Gasteiger partial charge in [-0.25, -0.2) is 0 Å². The van der Waals surface area contributed by atoms with Gasteiger partial charge >= 0.3 is 8.80 Å². The average Bonchev–Trinajstić information content (AvgIpc) is 2.27. The first-order valence-electron chi connectivity index (χ1n) is 5.37. The van der Waals surface area contributed by atoms with E-state index in [9.17, 15) is 0 Å². The molecule has 0 spiro atoms. The van der Waals surface area contributed by atoms with E-state index in [-0.39, 0.29) is 6.61 Å². The normalized spacial score (nSPS) is 13.9. The molecule has 102 valence electrons. The molecule has 0 amide bonds. The van der Waals surface area contributed by atoms with Gasteiger partial charge in [0.15, 0.2) is 0 Å². The lowest BCUT2D eigenvalue weighted by molar-refractivity contribution is 0.0142. The van der Waals surface area contributed by atoms with E-state index in [4.69, 9.17) is 34.8 Å². The van der Waals surface area contributed by atoms with Crippen LogP contribution in [0.1, 0.15) is 0 Å². The zero-order chi connectivity index (χ0) is 13.1. The molecule has 0 saturated carbocycles. The molecular weight excluding hydrogens is 244 g/mol. The maximum Gasteiger partial charge on any atom is 0.497 e. The molecule has 1 N–H and O–H groups in total. The van der Waals surface area contributed by atoms with E-state index in [0.717, 1.165) is 0 Å². The van der Waals surface area contributed by atoms with Crippen LogP contribution < -0.4 is 0 Å². The van der Waals surface area contributed by atoms with Crippen molar-refractivity contribution in [1.29, 1.82) is 0 Å². The Morgan fingerprint density at radius 2 is 1.47 bits per heavy atom. The summed E-state index contributed by atoms with van der Waals surface area (Å²) < 4.78 is 26.2. The number of hydrogen-bond acceptors (Lipinski definition) is 6. The van der Waals surface area contributed by atoms with Gasteiger partial charge in [0.2, 0.25) is 0 Å². The van der Waals surface area contributed by atoms with Gasteiger partial charge in [-0.1, -0.05) is 0 Å². The van der Waals surface area contributed by atoms with Crippen molar-refractivity contribution in [2.45, 2.75) is 12.7 Å². The Morgan fingerprint density at radius 1 is 1.00 bits per heavy atom. The Kier molecular flexibility index (Phi) is 9.94. The third-order valence-electron chi connectivity index (χ3n) is 1.82. The summed E-state index contributed by atoms with van der Waals surface area (Å²) in [4.78, 5) is 0. The van der Waals surface area contributed by atoms with Crippen LogP contribution in [0.5, 0.6) is 0 Å². The van der Waals surface area contributed by atoms with Crippen LogP contribution in [0.2, 0.25) is 6.55 Å². The highest BCUT2D eigenvalue weighted by Crippen LogP contribution is 2.10. The Hall–Kier alpha value is -0.0231. The van der Waals surface area contributed by atoms with Gasteiger partial charge in [0.25, 0.3) is 0 Å². The molecule has 0 aliphatic rings. The number of aliphatic hydroxyl groups is 1. The summed E-state index contributed by atoms with van der Waals surface area (Å²) in [7, 11) is 0.377. The highest BCUT2D eigenvalue weighted by Gasteiger charge is 2.35. The van der Waals surface area contributed by atoms with Crippen LogP contribution in [0.15, 0.2) is 0 Å². The van der Waals surface area contributed by atoms with Crippen LogP contribution in [0, 0.1) is 6.92 Å². The van der Waals surface area contributed by atoms with Crippen LogP contribution in [0.3, 0.4) is 0 Å². The zero-order valence-corrected chi connectivity index (χ0v) is 11.7. The lowest BCUT2D eigenvalue weighted by Crippen LogP contribution is -2.45. The number of rotatable bonds is 11. The molecule has 0 aromatic rings. The largest absolute Gasteiger partial charge is 0.497 e. The maximum absolute atomic E-state index is 8.97. The predicted octanol–water partition coefficient (Wildman–Crippen LogP) is -0.0303. The minimum atomic E-state index is -2.79. The molecule has 0 aromatic heterocycles. The lowest BCUT2D eigenvalue weighted by Gasteiger charge is -2.26. The predicted molar refractivity (Wildman–Crippen MR) is 63.5 cm³/mol. The van der Waals surface area contributed by atoms with E-state index < -0.39 is 14.9 Å². The van der Waals surface area contributed by atoms with Crippen molar-refractivity contribution < 1.29 is 27.9 Å². The molecule has 6 nitrogen and oxygen atoms in total. The van der Waals surface area contributed by atoms with E-state index in [1.165, 1.54) is 0 Å². The summed E-state index contributed by atoms with van der Waals surface area (Å²) in [6.07, 6.45) is -1.04. The van der Waals surface area contributed by atoms with Gasteiger partial charge in [-0.3, -0.25) is 0 Å². The molecule has 7 heteroatoms. The quantitative estimate of drug-likeness (QED) is 0.418. The van der Waals surface area contributed by atoms with Crippen molar-refractivity contribution in [3.05, 3.63) is 6.92 Å². The molecule has 0 fully saturated rings. The monoisotopic (exact) mass is 266 g/mol. The summed E-state index contributed by atoms with van der Waals surface area (Å²) in [6.45, 7) is 8.55. The fourth-order valence-corrected chi connectivity index (χ4v) is 2.61. The average molecular weight is 266 g/mol. The van der Waals surface area contributed by atoms with Crippen LogP contribution in [0.25, 0.3) is 0 Å². The van der Waals surface area contributed by atoms with Crippen molar-refractivity contribution in [3.63, 3.8) is 0 Å². The van der Waals surface area contributed by atoms with Crippen molar-refractivity contribution in [2.75, 3.05) is 47.3 Å². The summed E-state index contributed by atoms with van der Waals surface area (Å²) in [5, 5.41) is 8.97. The molecule has 0 aliphatic carbocycles. The molecule has 1 unspecified atom stereocenters. The Morgan fingerprint density at radius 3 is 1.82 bits per heavy atom. The van der Waals surface area contributed by atoms with E-state index in [0.29, 0.717) is 26.4 Å². The fourth-order valence-electron chi connectivity index (χ4n) is 0.983. The molecule has 17 heavy (non-hydrogen) atoms. The Labute approximate surface area is 104 Å². The third kappa shape index (κ3) is 9.66. The second-order valence-corrected chi connectivity index (χ2v) is 6.01. The van der Waals surface area contributed by atoms with Gasteiger partial charge < -0.3 is 27.9 Å². The lowest BCUT2D eigenvalue weighted by atomic mass is 10.5. The molecule has 2 radical (unpaired) electrons. The molecule has 1 atom stereocenters. The Balaban J connectivity index is 4.04. The van der Waals surface area contributed by atoms with Crippen molar-refractivity contribution >= 4 is 8.80 Å². The second-order valence-electron chi connectivity index (χ2n) is 3.42. The van der Waals surface area contributed by atoms with E-state index >= 15 is 0 Å². The summed E-state index contributed by atoms with van der Waals surface area (Å²) in [5.41, 5.74) is 0. The van der Waals surface area contributed by atoms with Crippen LogP contribution in [-0.2, 0) is 22.8 Å². The first-order chi connectivity index (χ1) is 8.04. The maximum atomic E-state index is 8.97. The SMILES string of the molecule is [CH]C(O)CO[Si](C)(OCCOC)OCCOC. The molecule has 0 saturated heterocycles. The molecule has 0 aromatic carbocycles. The molecule has 0 aliphatic heterocycles. The van der Waals surface area contributed by atoms with Crippen LogP contribution >= 0.6 is 0 Å². The van der Waals surface area contributed by atoms with Gasteiger partial charge in [-0.05, 0) is 6.92 Å². The molecule has 0 rings (SSSR count). The van der Waals surface area contributed by atoms with Crippen LogP contribution in [-0.4, -0.2) is 67.3 Å². The van der Waals surface area contributed by atoms with Crippen molar-refractivity contribution in [3.8, 4) is 0 Å². The summed E-state index contributed by atoms with van der Waals surface area (Å²) >= 11 is 0. The minimum absolute atomic E-state index is 0.0251. The van der Waals surface area contributed by atoms with Gasteiger partial charge in [0, 0.05) is 20.8 Å². The first-order valence-corrected chi connectivity index (χ1v) is 7.60. The van der Waals surface area contributed by atoms with Gasteiger partial charge in [-0.2, -0.15) is 0 Å². The van der Waals surface area contributed by atoms with Crippen molar-refractivity contribution in [2.24, 2.45) is 0 Å². The summed E-state index contributed by atoms with van der Waals surface area (Å²) in [6, 6.07) is 0. The second kappa shape index (κ2) is 9.95. The highest BCUT2D eigenvalue weighted by molar-refractivity contribution is 6.59. The van der Waals surface area contributed by atoms with E-state index in [2.05, 4.69) is 0 Å². The van der Waals surface area contributed by atoms with E-state index in [1.54, 1.807) is 20.8 Å². The molecule has 0 bridgehead atoms. The number of aliphatic hydroxyl groups excluding tert-OH is 1. The fraction of sp³-hybridized carbons (Fsp3) is 0.900. The van der Waals surface area contributed by atoms with Gasteiger partial charge in [0.1, 0.15) is 0 Å². The molecular formula is C10H22O6Si. The topological polar surface area (TPSA) is 66.4 Å². The smallest absolute Gasteiger partial charge is 0.390 e. The number of ether oxygens (including phenoxy) is 2. The number of methoxy groups -OCH3 is 2. The van der Waals surface area contributed by atoms with Crippen LogP contribution in [0.4, 0.5) is 0 Å². The highest BCUT2D eigenvalue weighted by atomic mass is 28.4. The minimum Gasteiger partial charge on any atom is -0.390 e. The van der Waals surface area contributed by atoms with Gasteiger partial charge in [0.05, 0.1) is 39.1 Å². The number of hydrogen-bond donors (Lipinski definition) is 1. The summed E-state index contributed by atoms with van der Waals surface area (Å²) in [5.74, 6) is 0. The first kappa shape index (κ1) is 17.0. The molecule has 0 heterocycles. The Bertz CT molecular complexity index is 168. The zero-order valence-electron chi connectivity index (χ0n) is 10.7.